The highest BCUT2D eigenvalue weighted by Crippen LogP contribution is 2.30. The van der Waals surface area contributed by atoms with E-state index in [0.29, 0.717) is 19.6 Å². The van der Waals surface area contributed by atoms with Crippen molar-refractivity contribution in [2.24, 2.45) is 0 Å². The van der Waals surface area contributed by atoms with Crippen LogP contribution in [0.5, 0.6) is 0 Å². The average Bonchev–Trinajstić information content (AvgIpc) is 2.70. The molecule has 3 nitrogen and oxygen atoms in total. The fourth-order valence-electron chi connectivity index (χ4n) is 2.08. The van der Waals surface area contributed by atoms with Crippen LogP contribution in [0.25, 0.3) is 0 Å². The normalized spacial score (nSPS) is 18.9. The van der Waals surface area contributed by atoms with Crippen molar-refractivity contribution in [3.63, 3.8) is 0 Å². The molecule has 3 rings (SSSR count). The Morgan fingerprint density at radius 1 is 1.31 bits per heavy atom. The molecule has 1 aliphatic heterocycles. The fourth-order valence-corrected chi connectivity index (χ4v) is 2.08. The molecule has 1 aliphatic carbocycles. The van der Waals surface area contributed by atoms with Gasteiger partial charge in [0.25, 0.3) is 0 Å². The maximum absolute atomic E-state index is 11.5. The van der Waals surface area contributed by atoms with Crippen molar-refractivity contribution in [1.82, 2.24) is 4.98 Å². The van der Waals surface area contributed by atoms with Crippen LogP contribution in [-0.2, 0) is 24.4 Å². The molecule has 0 saturated heterocycles. The van der Waals surface area contributed by atoms with Crippen molar-refractivity contribution in [2.75, 3.05) is 0 Å². The van der Waals surface area contributed by atoms with Gasteiger partial charge in [-0.05, 0) is 12.0 Å². The van der Waals surface area contributed by atoms with E-state index in [1.165, 1.54) is 0 Å². The second kappa shape index (κ2) is 2.39. The first-order valence-corrected chi connectivity index (χ1v) is 4.47. The number of ketones is 1. The molecule has 2 heterocycles. The quantitative estimate of drug-likeness (QED) is 0.595. The van der Waals surface area contributed by atoms with Gasteiger partial charge in [-0.25, -0.2) is 0 Å². The Morgan fingerprint density at radius 2 is 2.23 bits per heavy atom. The lowest BCUT2D eigenvalue weighted by atomic mass is 10.0. The Balaban J connectivity index is 2.29. The molecule has 13 heavy (non-hydrogen) atoms. The van der Waals surface area contributed by atoms with E-state index >= 15 is 0 Å². The lowest BCUT2D eigenvalue weighted by molar-refractivity contribution is 0.0989. The molecule has 0 bridgehead atoms. The molecule has 0 aromatic carbocycles. The zero-order valence-corrected chi connectivity index (χ0v) is 7.17. The Morgan fingerprint density at radius 3 is 3.15 bits per heavy atom. The van der Waals surface area contributed by atoms with Gasteiger partial charge in [-0.1, -0.05) is 0 Å². The lowest BCUT2D eigenvalue weighted by Gasteiger charge is -2.02. The molecule has 66 valence electrons. The number of hydrogen-bond acceptors (Lipinski definition) is 3. The minimum absolute atomic E-state index is 0.263. The summed E-state index contributed by atoms with van der Waals surface area (Å²) in [5.41, 5.74) is 4.01. The van der Waals surface area contributed by atoms with Gasteiger partial charge in [-0.3, -0.25) is 9.78 Å². The van der Waals surface area contributed by atoms with Crippen molar-refractivity contribution in [3.05, 3.63) is 28.6 Å². The second-order valence-corrected chi connectivity index (χ2v) is 3.50. The van der Waals surface area contributed by atoms with Gasteiger partial charge in [-0.15, -0.1) is 0 Å². The molecule has 0 saturated carbocycles. The van der Waals surface area contributed by atoms with Gasteiger partial charge in [0.15, 0.2) is 5.78 Å². The van der Waals surface area contributed by atoms with E-state index in [4.69, 9.17) is 4.74 Å². The van der Waals surface area contributed by atoms with E-state index in [1.54, 1.807) is 0 Å². The number of carbonyl (C=O) groups is 1. The molecule has 0 spiro atoms. The molecule has 1 aromatic heterocycles. The Hall–Kier alpha value is -1.22. The second-order valence-electron chi connectivity index (χ2n) is 3.50. The topological polar surface area (TPSA) is 39.2 Å². The number of rotatable bonds is 0. The van der Waals surface area contributed by atoms with E-state index in [-0.39, 0.29) is 5.78 Å². The van der Waals surface area contributed by atoms with E-state index in [9.17, 15) is 4.79 Å². The van der Waals surface area contributed by atoms with Crippen LogP contribution in [0.1, 0.15) is 33.6 Å². The summed E-state index contributed by atoms with van der Waals surface area (Å²) in [6.45, 7) is 1.13. The highest BCUT2D eigenvalue weighted by atomic mass is 16.5. The lowest BCUT2D eigenvalue weighted by Crippen LogP contribution is -2.00. The van der Waals surface area contributed by atoms with Crippen LogP contribution in [0.2, 0.25) is 0 Å². The summed E-state index contributed by atoms with van der Waals surface area (Å²) in [4.78, 5) is 15.8. The maximum Gasteiger partial charge on any atom is 0.163 e. The van der Waals surface area contributed by atoms with Crippen molar-refractivity contribution < 1.29 is 9.53 Å². The summed E-state index contributed by atoms with van der Waals surface area (Å²) in [6, 6.07) is 0. The number of fused-ring (bicyclic) bond motifs is 3. The zero-order chi connectivity index (χ0) is 8.84. The molecule has 0 fully saturated rings. The van der Waals surface area contributed by atoms with Crippen LogP contribution in [0.15, 0.2) is 6.20 Å². The highest BCUT2D eigenvalue weighted by Gasteiger charge is 2.27. The maximum atomic E-state index is 11.5. The molecule has 2 aliphatic rings. The molecular formula is C10H9NO2. The van der Waals surface area contributed by atoms with E-state index in [2.05, 4.69) is 4.98 Å². The molecule has 0 amide bonds. The first-order chi connectivity index (χ1) is 6.36. The first-order valence-electron chi connectivity index (χ1n) is 4.47. The SMILES string of the molecule is O=C1CCc2cnc3c(c21)COC3. The van der Waals surface area contributed by atoms with E-state index < -0.39 is 0 Å². The van der Waals surface area contributed by atoms with Crippen LogP contribution in [0.3, 0.4) is 0 Å². The predicted molar refractivity (Wildman–Crippen MR) is 45.4 cm³/mol. The van der Waals surface area contributed by atoms with Gasteiger partial charge in [-0.2, -0.15) is 0 Å². The number of carbonyl (C=O) groups excluding carboxylic acids is 1. The van der Waals surface area contributed by atoms with Crippen molar-refractivity contribution in [1.29, 1.82) is 0 Å². The summed E-state index contributed by atoms with van der Waals surface area (Å²) in [6.07, 6.45) is 3.33. The Kier molecular flexibility index (Phi) is 1.32. The number of pyridine rings is 1. The third kappa shape index (κ3) is 0.877. The summed E-state index contributed by atoms with van der Waals surface area (Å²) < 4.78 is 5.27. The molecular weight excluding hydrogens is 166 g/mol. The largest absolute Gasteiger partial charge is 0.370 e. The summed E-state index contributed by atoms with van der Waals surface area (Å²) in [5, 5.41) is 0. The van der Waals surface area contributed by atoms with E-state index in [0.717, 1.165) is 28.8 Å². The van der Waals surface area contributed by atoms with Crippen molar-refractivity contribution >= 4 is 5.78 Å². The number of Topliss-reactive ketones (excluding diaryl/α,β-unsaturated/α-hetero) is 1. The van der Waals surface area contributed by atoms with Crippen molar-refractivity contribution in [2.45, 2.75) is 26.1 Å². The number of aromatic nitrogens is 1. The van der Waals surface area contributed by atoms with Gasteiger partial charge < -0.3 is 4.74 Å². The molecule has 1 aromatic rings. The Labute approximate surface area is 75.7 Å². The van der Waals surface area contributed by atoms with E-state index in [1.807, 2.05) is 6.20 Å². The molecule has 0 unspecified atom stereocenters. The summed E-state index contributed by atoms with van der Waals surface area (Å²) in [7, 11) is 0. The highest BCUT2D eigenvalue weighted by molar-refractivity contribution is 6.01. The molecule has 0 atom stereocenters. The molecule has 3 heteroatoms. The summed E-state index contributed by atoms with van der Waals surface area (Å²) in [5.74, 6) is 0.263. The van der Waals surface area contributed by atoms with Crippen LogP contribution in [0.4, 0.5) is 0 Å². The monoisotopic (exact) mass is 175 g/mol. The third-order valence-corrected chi connectivity index (χ3v) is 2.73. The van der Waals surface area contributed by atoms with Crippen LogP contribution in [-0.4, -0.2) is 10.8 Å². The third-order valence-electron chi connectivity index (χ3n) is 2.73. The zero-order valence-electron chi connectivity index (χ0n) is 7.17. The molecule has 0 radical (unpaired) electrons. The fraction of sp³-hybridized carbons (Fsp3) is 0.400. The van der Waals surface area contributed by atoms with Gasteiger partial charge in [0.2, 0.25) is 0 Å². The van der Waals surface area contributed by atoms with Crippen LogP contribution >= 0.6 is 0 Å². The van der Waals surface area contributed by atoms with Crippen LogP contribution < -0.4 is 0 Å². The first kappa shape index (κ1) is 7.21. The summed E-state index contributed by atoms with van der Waals surface area (Å²) >= 11 is 0. The standard InChI is InChI=1S/C10H9NO2/c12-9-2-1-6-3-11-8-5-13-4-7(8)10(6)9/h3H,1-2,4-5H2. The number of ether oxygens (including phenoxy) is 1. The minimum atomic E-state index is 0.263. The number of nitrogens with zero attached hydrogens (tertiary/aromatic N) is 1. The number of aryl methyl sites for hydroxylation is 1. The smallest absolute Gasteiger partial charge is 0.163 e. The van der Waals surface area contributed by atoms with Crippen molar-refractivity contribution in [3.8, 4) is 0 Å². The van der Waals surface area contributed by atoms with Gasteiger partial charge in [0, 0.05) is 23.7 Å². The average molecular weight is 175 g/mol. The minimum Gasteiger partial charge on any atom is -0.370 e. The van der Waals surface area contributed by atoms with Gasteiger partial charge in [0.05, 0.1) is 18.9 Å². The van der Waals surface area contributed by atoms with Gasteiger partial charge in [0.1, 0.15) is 0 Å². The Bertz CT molecular complexity index is 398. The predicted octanol–water partition coefficient (Wildman–Crippen LogP) is 1.24. The van der Waals surface area contributed by atoms with Gasteiger partial charge >= 0.3 is 0 Å². The van der Waals surface area contributed by atoms with Crippen LogP contribution in [0, 0.1) is 0 Å². The number of hydrogen-bond donors (Lipinski definition) is 0. The molecule has 0 N–H and O–H groups in total.